The Morgan fingerprint density at radius 2 is 2.00 bits per heavy atom. The van der Waals surface area contributed by atoms with Crippen LogP contribution in [0.25, 0.3) is 5.69 Å². The third kappa shape index (κ3) is 1.73. The molecule has 0 aliphatic rings. The van der Waals surface area contributed by atoms with Crippen LogP contribution in [-0.2, 0) is 0 Å². The Morgan fingerprint density at radius 3 is 2.62 bits per heavy atom. The number of para-hydroxylation sites is 1. The summed E-state index contributed by atoms with van der Waals surface area (Å²) in [6.07, 6.45) is 0. The molecule has 0 saturated carbocycles. The van der Waals surface area contributed by atoms with E-state index in [0.29, 0.717) is 5.69 Å². The lowest BCUT2D eigenvalue weighted by molar-refractivity contribution is 0.0948. The van der Waals surface area contributed by atoms with E-state index < -0.39 is 5.91 Å². The summed E-state index contributed by atoms with van der Waals surface area (Å²) >= 11 is 0. The molecular weight excluding hydrogens is 208 g/mol. The largest absolute Gasteiger partial charge is 0.289 e. The van der Waals surface area contributed by atoms with Gasteiger partial charge in [0.05, 0.1) is 5.69 Å². The van der Waals surface area contributed by atoms with Gasteiger partial charge in [0.1, 0.15) is 5.69 Å². The molecule has 0 spiro atoms. The number of nitrogens with two attached hydrogens (primary N) is 1. The molecule has 2 aromatic rings. The molecule has 1 heterocycles. The van der Waals surface area contributed by atoms with Gasteiger partial charge in [-0.2, -0.15) is 0 Å². The van der Waals surface area contributed by atoms with E-state index in [9.17, 15) is 9.59 Å². The average molecular weight is 218 g/mol. The molecule has 82 valence electrons. The van der Waals surface area contributed by atoms with Crippen molar-refractivity contribution in [2.75, 3.05) is 0 Å². The molecule has 0 aliphatic carbocycles. The zero-order valence-electron chi connectivity index (χ0n) is 8.31. The first kappa shape index (κ1) is 10.2. The topological polar surface area (TPSA) is 92.9 Å². The van der Waals surface area contributed by atoms with Gasteiger partial charge in [0, 0.05) is 6.07 Å². The number of nitrogens with zero attached hydrogens (tertiary/aromatic N) is 1. The van der Waals surface area contributed by atoms with Gasteiger partial charge in [0.25, 0.3) is 11.5 Å². The summed E-state index contributed by atoms with van der Waals surface area (Å²) in [6.45, 7) is 0. The number of amides is 1. The van der Waals surface area contributed by atoms with Gasteiger partial charge < -0.3 is 0 Å². The number of hydrazine groups is 1. The predicted molar refractivity (Wildman–Crippen MR) is 58.0 cm³/mol. The highest BCUT2D eigenvalue weighted by atomic mass is 16.2. The van der Waals surface area contributed by atoms with Crippen LogP contribution in [-0.4, -0.2) is 15.7 Å². The van der Waals surface area contributed by atoms with Crippen LogP contribution in [0.2, 0.25) is 0 Å². The Labute approximate surface area is 90.6 Å². The summed E-state index contributed by atoms with van der Waals surface area (Å²) < 4.78 is 1.27. The average Bonchev–Trinajstić information content (AvgIpc) is 2.71. The van der Waals surface area contributed by atoms with Crippen LogP contribution in [0.15, 0.2) is 41.2 Å². The SMILES string of the molecule is NNC(=O)c1cc(=O)n(-c2ccccc2)[nH]1. The molecule has 0 radical (unpaired) electrons. The molecule has 0 fully saturated rings. The lowest BCUT2D eigenvalue weighted by Gasteiger charge is -2.00. The van der Waals surface area contributed by atoms with E-state index in [1.807, 2.05) is 11.5 Å². The molecule has 0 unspecified atom stereocenters. The molecule has 0 saturated heterocycles. The molecule has 1 aromatic heterocycles. The summed E-state index contributed by atoms with van der Waals surface area (Å²) in [5.41, 5.74) is 2.41. The Morgan fingerprint density at radius 1 is 1.31 bits per heavy atom. The number of nitrogen functional groups attached to an aromatic ring is 1. The van der Waals surface area contributed by atoms with Crippen LogP contribution in [0, 0.1) is 0 Å². The van der Waals surface area contributed by atoms with E-state index in [0.717, 1.165) is 0 Å². The molecule has 16 heavy (non-hydrogen) atoms. The summed E-state index contributed by atoms with van der Waals surface area (Å²) in [5.74, 6) is 4.44. The molecule has 0 aliphatic heterocycles. The lowest BCUT2D eigenvalue weighted by atomic mass is 10.3. The number of aromatic nitrogens is 2. The minimum Gasteiger partial charge on any atom is -0.289 e. The van der Waals surface area contributed by atoms with E-state index in [1.54, 1.807) is 24.3 Å². The number of benzene rings is 1. The van der Waals surface area contributed by atoms with E-state index >= 15 is 0 Å². The zero-order chi connectivity index (χ0) is 11.5. The number of aromatic amines is 1. The van der Waals surface area contributed by atoms with Crippen molar-refractivity contribution in [2.45, 2.75) is 0 Å². The molecule has 0 bridgehead atoms. The van der Waals surface area contributed by atoms with Gasteiger partial charge in [-0.15, -0.1) is 0 Å². The van der Waals surface area contributed by atoms with Crippen LogP contribution in [0.5, 0.6) is 0 Å². The Bertz CT molecular complexity index is 556. The number of hydrogen-bond donors (Lipinski definition) is 3. The highest BCUT2D eigenvalue weighted by Crippen LogP contribution is 2.02. The maximum Gasteiger partial charge on any atom is 0.283 e. The second-order valence-corrected chi connectivity index (χ2v) is 3.15. The van der Waals surface area contributed by atoms with Gasteiger partial charge in [-0.1, -0.05) is 18.2 Å². The standard InChI is InChI=1S/C10H10N4O2/c11-12-10(16)8-6-9(15)14(13-8)7-4-2-1-3-5-7/h1-6,13H,11H2,(H,12,16). The van der Waals surface area contributed by atoms with Gasteiger partial charge in [-0.25, -0.2) is 10.5 Å². The first-order chi connectivity index (χ1) is 7.72. The molecular formula is C10H10N4O2. The van der Waals surface area contributed by atoms with Crippen LogP contribution >= 0.6 is 0 Å². The minimum atomic E-state index is -0.535. The highest BCUT2D eigenvalue weighted by molar-refractivity contribution is 5.91. The second-order valence-electron chi connectivity index (χ2n) is 3.15. The smallest absolute Gasteiger partial charge is 0.283 e. The van der Waals surface area contributed by atoms with Crippen molar-refractivity contribution >= 4 is 5.91 Å². The Balaban J connectivity index is 2.48. The summed E-state index contributed by atoms with van der Waals surface area (Å²) in [7, 11) is 0. The van der Waals surface area contributed by atoms with Crippen molar-refractivity contribution in [2.24, 2.45) is 5.84 Å². The summed E-state index contributed by atoms with van der Waals surface area (Å²) in [4.78, 5) is 22.8. The third-order valence-corrected chi connectivity index (χ3v) is 2.11. The van der Waals surface area contributed by atoms with Crippen molar-refractivity contribution in [1.82, 2.24) is 15.2 Å². The van der Waals surface area contributed by atoms with Gasteiger partial charge in [0.2, 0.25) is 0 Å². The highest BCUT2D eigenvalue weighted by Gasteiger charge is 2.10. The number of carbonyl (C=O) groups is 1. The van der Waals surface area contributed by atoms with Crippen LogP contribution in [0.4, 0.5) is 0 Å². The van der Waals surface area contributed by atoms with E-state index in [-0.39, 0.29) is 11.3 Å². The van der Waals surface area contributed by atoms with Crippen molar-refractivity contribution in [3.8, 4) is 5.69 Å². The fourth-order valence-electron chi connectivity index (χ4n) is 1.36. The first-order valence-electron chi connectivity index (χ1n) is 4.61. The van der Waals surface area contributed by atoms with Crippen molar-refractivity contribution in [3.63, 3.8) is 0 Å². The molecule has 4 N–H and O–H groups in total. The van der Waals surface area contributed by atoms with Gasteiger partial charge in [0.15, 0.2) is 0 Å². The van der Waals surface area contributed by atoms with Gasteiger partial charge in [-0.05, 0) is 12.1 Å². The molecule has 0 atom stereocenters. The Hall–Kier alpha value is -2.34. The van der Waals surface area contributed by atoms with Crippen molar-refractivity contribution in [1.29, 1.82) is 0 Å². The minimum absolute atomic E-state index is 0.122. The second kappa shape index (κ2) is 4.03. The van der Waals surface area contributed by atoms with Crippen LogP contribution in [0.3, 0.4) is 0 Å². The van der Waals surface area contributed by atoms with Crippen LogP contribution < -0.4 is 16.8 Å². The normalized spacial score (nSPS) is 10.1. The van der Waals surface area contributed by atoms with E-state index in [2.05, 4.69) is 5.10 Å². The maximum atomic E-state index is 11.6. The third-order valence-electron chi connectivity index (χ3n) is 2.11. The van der Waals surface area contributed by atoms with Gasteiger partial charge in [-0.3, -0.25) is 20.1 Å². The maximum absolute atomic E-state index is 11.6. The Kier molecular flexibility index (Phi) is 2.57. The van der Waals surface area contributed by atoms with E-state index in [4.69, 9.17) is 5.84 Å². The number of nitrogens with one attached hydrogen (secondary N) is 2. The number of carbonyl (C=O) groups excluding carboxylic acids is 1. The zero-order valence-corrected chi connectivity index (χ0v) is 8.31. The van der Waals surface area contributed by atoms with Gasteiger partial charge >= 0.3 is 0 Å². The molecule has 6 heteroatoms. The molecule has 1 amide bonds. The summed E-state index contributed by atoms with van der Waals surface area (Å²) in [6, 6.07) is 10.1. The number of rotatable bonds is 2. The fraction of sp³-hybridized carbons (Fsp3) is 0. The fourth-order valence-corrected chi connectivity index (χ4v) is 1.36. The van der Waals surface area contributed by atoms with E-state index in [1.165, 1.54) is 10.7 Å². The molecule has 2 rings (SSSR count). The van der Waals surface area contributed by atoms with Crippen molar-refractivity contribution < 1.29 is 4.79 Å². The van der Waals surface area contributed by atoms with Crippen molar-refractivity contribution in [3.05, 3.63) is 52.4 Å². The lowest BCUT2D eigenvalue weighted by Crippen LogP contribution is -2.30. The van der Waals surface area contributed by atoms with Crippen LogP contribution in [0.1, 0.15) is 10.5 Å². The molecule has 1 aromatic carbocycles. The number of H-pyrrole nitrogens is 1. The quantitative estimate of drug-likeness (QED) is 0.369. The number of hydrogen-bond acceptors (Lipinski definition) is 3. The molecule has 6 nitrogen and oxygen atoms in total. The monoisotopic (exact) mass is 218 g/mol. The summed E-state index contributed by atoms with van der Waals surface area (Å²) in [5, 5.41) is 2.66. The predicted octanol–water partition coefficient (Wildman–Crippen LogP) is -0.231. The first-order valence-corrected chi connectivity index (χ1v) is 4.61.